The Morgan fingerprint density at radius 1 is 1.30 bits per heavy atom. The summed E-state index contributed by atoms with van der Waals surface area (Å²) in [6, 6.07) is 10.5. The van der Waals surface area contributed by atoms with Gasteiger partial charge in [0.15, 0.2) is 11.5 Å². The summed E-state index contributed by atoms with van der Waals surface area (Å²) in [5.41, 5.74) is 0.866. The largest absolute Gasteiger partial charge is 0.496 e. The van der Waals surface area contributed by atoms with Crippen LogP contribution in [0.5, 0.6) is 5.75 Å². The van der Waals surface area contributed by atoms with E-state index in [1.807, 2.05) is 6.07 Å². The molecule has 100 valence electrons. The van der Waals surface area contributed by atoms with E-state index in [0.29, 0.717) is 16.3 Å². The van der Waals surface area contributed by atoms with Crippen molar-refractivity contribution in [3.8, 4) is 11.8 Å². The molecule has 2 aromatic rings. The Morgan fingerprint density at radius 2 is 2.10 bits per heavy atom. The summed E-state index contributed by atoms with van der Waals surface area (Å²) >= 11 is 1.36. The molecular formula is C14H11N3O2S. The van der Waals surface area contributed by atoms with Gasteiger partial charge in [0.25, 0.3) is 0 Å². The summed E-state index contributed by atoms with van der Waals surface area (Å²) < 4.78 is 5.28. The summed E-state index contributed by atoms with van der Waals surface area (Å²) in [5, 5.41) is 17.0. The fourth-order valence-electron chi connectivity index (χ4n) is 1.52. The van der Waals surface area contributed by atoms with E-state index >= 15 is 0 Å². The number of methoxy groups -OCH3 is 1. The number of hydrogen-bond donors (Lipinski definition) is 0. The van der Waals surface area contributed by atoms with Crippen LogP contribution in [-0.2, 0) is 0 Å². The Labute approximate surface area is 120 Å². The van der Waals surface area contributed by atoms with Crippen LogP contribution in [0, 0.1) is 11.3 Å². The van der Waals surface area contributed by atoms with Gasteiger partial charge in [0.1, 0.15) is 16.8 Å². The van der Waals surface area contributed by atoms with Crippen LogP contribution < -0.4 is 4.74 Å². The molecule has 20 heavy (non-hydrogen) atoms. The predicted octanol–water partition coefficient (Wildman–Crippen LogP) is 2.71. The van der Waals surface area contributed by atoms with Crippen molar-refractivity contribution in [1.29, 1.82) is 5.26 Å². The van der Waals surface area contributed by atoms with Crippen LogP contribution in [0.4, 0.5) is 0 Å². The Bertz CT molecular complexity index is 678. The molecular weight excluding hydrogens is 274 g/mol. The molecule has 2 rings (SSSR count). The minimum atomic E-state index is -0.0157. The minimum absolute atomic E-state index is 0.0157. The highest BCUT2D eigenvalue weighted by atomic mass is 32.2. The number of rotatable bonds is 4. The Kier molecular flexibility index (Phi) is 4.33. The third-order valence-corrected chi connectivity index (χ3v) is 3.52. The number of ether oxygens (including phenoxy) is 1. The van der Waals surface area contributed by atoms with E-state index in [1.54, 1.807) is 37.4 Å². The smallest absolute Gasteiger partial charge is 0.163 e. The molecule has 0 amide bonds. The molecule has 0 aliphatic rings. The fourth-order valence-corrected chi connectivity index (χ4v) is 2.34. The maximum atomic E-state index is 11.3. The predicted molar refractivity (Wildman–Crippen MR) is 73.9 cm³/mol. The molecule has 0 atom stereocenters. The number of nitriles is 1. The first-order chi connectivity index (χ1) is 9.63. The van der Waals surface area contributed by atoms with Gasteiger partial charge in [-0.15, -0.1) is 10.2 Å². The maximum absolute atomic E-state index is 11.3. The second kappa shape index (κ2) is 6.17. The number of hydrogen-bond acceptors (Lipinski definition) is 6. The molecule has 0 unspecified atom stereocenters. The summed E-state index contributed by atoms with van der Waals surface area (Å²) in [4.78, 5) is 12.2. The van der Waals surface area contributed by atoms with Crippen molar-refractivity contribution < 1.29 is 9.53 Å². The molecule has 1 aromatic carbocycles. The van der Waals surface area contributed by atoms with Crippen molar-refractivity contribution in [2.24, 2.45) is 0 Å². The molecule has 1 heterocycles. The Hall–Kier alpha value is -2.39. The third kappa shape index (κ3) is 3.13. The van der Waals surface area contributed by atoms with Crippen LogP contribution in [0.1, 0.15) is 23.0 Å². The summed E-state index contributed by atoms with van der Waals surface area (Å²) in [6.07, 6.45) is 0. The van der Waals surface area contributed by atoms with Gasteiger partial charge < -0.3 is 4.74 Å². The lowest BCUT2D eigenvalue weighted by Gasteiger charge is -2.08. The normalized spacial score (nSPS) is 9.85. The molecule has 5 nitrogen and oxygen atoms in total. The zero-order chi connectivity index (χ0) is 14.5. The molecule has 0 fully saturated rings. The van der Waals surface area contributed by atoms with Gasteiger partial charge >= 0.3 is 0 Å². The van der Waals surface area contributed by atoms with Crippen LogP contribution >= 0.6 is 11.8 Å². The van der Waals surface area contributed by atoms with Crippen LogP contribution in [0.25, 0.3) is 0 Å². The quantitative estimate of drug-likeness (QED) is 0.804. The number of ketones is 1. The Morgan fingerprint density at radius 3 is 2.65 bits per heavy atom. The average Bonchev–Trinajstić information content (AvgIpc) is 2.48. The SMILES string of the molecule is COc1cc(C(C)=O)ccc1Sc1ccc(C#N)nn1. The van der Waals surface area contributed by atoms with Gasteiger partial charge in [0, 0.05) is 5.56 Å². The number of carbonyl (C=O) groups is 1. The maximum Gasteiger partial charge on any atom is 0.163 e. The van der Waals surface area contributed by atoms with Crippen molar-refractivity contribution in [3.05, 3.63) is 41.6 Å². The molecule has 0 aliphatic heterocycles. The second-order valence-corrected chi connectivity index (χ2v) is 4.95. The van der Waals surface area contributed by atoms with E-state index in [4.69, 9.17) is 10.00 Å². The summed E-state index contributed by atoms with van der Waals surface area (Å²) in [7, 11) is 1.55. The summed E-state index contributed by atoms with van der Waals surface area (Å²) in [6.45, 7) is 1.51. The number of aromatic nitrogens is 2. The number of carbonyl (C=O) groups excluding carboxylic acids is 1. The van der Waals surface area contributed by atoms with Crippen molar-refractivity contribution in [1.82, 2.24) is 10.2 Å². The van der Waals surface area contributed by atoms with E-state index < -0.39 is 0 Å². The number of benzene rings is 1. The van der Waals surface area contributed by atoms with Crippen molar-refractivity contribution in [3.63, 3.8) is 0 Å². The minimum Gasteiger partial charge on any atom is -0.496 e. The molecule has 0 N–H and O–H groups in total. The molecule has 0 spiro atoms. The molecule has 1 aromatic heterocycles. The van der Waals surface area contributed by atoms with Gasteiger partial charge in [0.2, 0.25) is 0 Å². The Balaban J connectivity index is 2.28. The number of nitrogens with zero attached hydrogens (tertiary/aromatic N) is 3. The zero-order valence-corrected chi connectivity index (χ0v) is 11.8. The van der Waals surface area contributed by atoms with Crippen LogP contribution in [0.2, 0.25) is 0 Å². The van der Waals surface area contributed by atoms with E-state index in [0.717, 1.165) is 4.90 Å². The van der Waals surface area contributed by atoms with E-state index in [1.165, 1.54) is 18.7 Å². The molecule has 6 heteroatoms. The standard InChI is InChI=1S/C14H11N3O2S/c1-9(18)10-3-5-13(12(7-10)19-2)20-14-6-4-11(8-15)16-17-14/h3-7H,1-2H3. The van der Waals surface area contributed by atoms with Crippen molar-refractivity contribution in [2.75, 3.05) is 7.11 Å². The lowest BCUT2D eigenvalue weighted by molar-refractivity contribution is 0.101. The molecule has 0 aliphatic carbocycles. The first kappa shape index (κ1) is 14.0. The fraction of sp³-hybridized carbons (Fsp3) is 0.143. The van der Waals surface area contributed by atoms with Crippen molar-refractivity contribution >= 4 is 17.5 Å². The summed E-state index contributed by atoms with van der Waals surface area (Å²) in [5.74, 6) is 0.590. The van der Waals surface area contributed by atoms with Gasteiger partial charge in [-0.05, 0) is 31.2 Å². The highest BCUT2D eigenvalue weighted by molar-refractivity contribution is 7.99. The third-order valence-electron chi connectivity index (χ3n) is 2.54. The van der Waals surface area contributed by atoms with E-state index in [-0.39, 0.29) is 11.5 Å². The lowest BCUT2D eigenvalue weighted by atomic mass is 10.1. The van der Waals surface area contributed by atoms with Crippen LogP contribution in [0.15, 0.2) is 40.3 Å². The molecule has 0 bridgehead atoms. The van der Waals surface area contributed by atoms with Gasteiger partial charge in [-0.25, -0.2) is 0 Å². The second-order valence-electron chi connectivity index (χ2n) is 3.89. The van der Waals surface area contributed by atoms with Gasteiger partial charge in [-0.2, -0.15) is 5.26 Å². The first-order valence-corrected chi connectivity index (χ1v) is 6.56. The topological polar surface area (TPSA) is 75.9 Å². The molecule has 0 radical (unpaired) electrons. The van der Waals surface area contributed by atoms with Gasteiger partial charge in [-0.1, -0.05) is 17.8 Å². The zero-order valence-electron chi connectivity index (χ0n) is 11.0. The monoisotopic (exact) mass is 285 g/mol. The number of Topliss-reactive ketones (excluding diaryl/α,β-unsaturated/α-hetero) is 1. The lowest BCUT2D eigenvalue weighted by Crippen LogP contribution is -1.95. The highest BCUT2D eigenvalue weighted by Gasteiger charge is 2.09. The average molecular weight is 285 g/mol. The van der Waals surface area contributed by atoms with E-state index in [9.17, 15) is 4.79 Å². The van der Waals surface area contributed by atoms with Crippen LogP contribution in [-0.4, -0.2) is 23.1 Å². The van der Waals surface area contributed by atoms with E-state index in [2.05, 4.69) is 10.2 Å². The van der Waals surface area contributed by atoms with Crippen molar-refractivity contribution in [2.45, 2.75) is 16.8 Å². The highest BCUT2D eigenvalue weighted by Crippen LogP contribution is 2.34. The molecule has 0 saturated heterocycles. The molecule has 0 saturated carbocycles. The van der Waals surface area contributed by atoms with Gasteiger partial charge in [-0.3, -0.25) is 4.79 Å². The van der Waals surface area contributed by atoms with Gasteiger partial charge in [0.05, 0.1) is 12.0 Å². The first-order valence-electron chi connectivity index (χ1n) is 5.74. The van der Waals surface area contributed by atoms with Crippen LogP contribution in [0.3, 0.4) is 0 Å².